The van der Waals surface area contributed by atoms with Crippen LogP contribution in [0.5, 0.6) is 0 Å². The van der Waals surface area contributed by atoms with Crippen LogP contribution in [0.4, 0.5) is 13.2 Å². The summed E-state index contributed by atoms with van der Waals surface area (Å²) in [6, 6.07) is 1.89. The Kier molecular flexibility index (Phi) is 2.79. The van der Waals surface area contributed by atoms with Gasteiger partial charge in [-0.1, -0.05) is 11.6 Å². The van der Waals surface area contributed by atoms with Crippen molar-refractivity contribution in [3.05, 3.63) is 33.5 Å². The van der Waals surface area contributed by atoms with Crippen molar-refractivity contribution in [2.75, 3.05) is 0 Å². The topological polar surface area (TPSA) is 25.8 Å². The molecule has 84 valence electrons. The van der Waals surface area contributed by atoms with Crippen LogP contribution in [0.3, 0.4) is 0 Å². The number of fused-ring (bicyclic) bond motifs is 1. The summed E-state index contributed by atoms with van der Waals surface area (Å²) in [6.07, 6.45) is -3.20. The summed E-state index contributed by atoms with van der Waals surface area (Å²) in [4.78, 5) is 7.68. The fraction of sp³-hybridized carbons (Fsp3) is 0.111. The second-order valence-electron chi connectivity index (χ2n) is 3.02. The predicted molar refractivity (Wildman–Crippen MR) is 57.3 cm³/mol. The normalized spacial score (nSPS) is 12.1. The van der Waals surface area contributed by atoms with Gasteiger partial charge in [0, 0.05) is 4.47 Å². The van der Waals surface area contributed by atoms with Gasteiger partial charge in [-0.2, -0.15) is 13.2 Å². The number of halogens is 5. The number of hydrogen-bond donors (Lipinski definition) is 0. The predicted octanol–water partition coefficient (Wildman–Crippen LogP) is 4.06. The first kappa shape index (κ1) is 11.6. The van der Waals surface area contributed by atoms with Crippen LogP contribution >= 0.6 is 27.5 Å². The maximum atomic E-state index is 12.5. The molecular formula is C9H3BrClF3N2. The Hall–Kier alpha value is -0.880. The molecule has 0 atom stereocenters. The van der Waals surface area contributed by atoms with Gasteiger partial charge in [-0.15, -0.1) is 0 Å². The number of aromatic nitrogens is 2. The minimum absolute atomic E-state index is 0.132. The molecule has 2 aromatic rings. The van der Waals surface area contributed by atoms with E-state index < -0.39 is 11.7 Å². The molecule has 0 unspecified atom stereocenters. The lowest BCUT2D eigenvalue weighted by Gasteiger charge is -2.08. The van der Waals surface area contributed by atoms with Gasteiger partial charge in [0.2, 0.25) is 0 Å². The Morgan fingerprint density at radius 3 is 2.56 bits per heavy atom. The molecule has 1 aromatic carbocycles. The molecule has 1 heterocycles. The zero-order valence-corrected chi connectivity index (χ0v) is 9.86. The first-order chi connectivity index (χ1) is 7.38. The lowest BCUT2D eigenvalue weighted by molar-refractivity contribution is -0.137. The first-order valence-electron chi connectivity index (χ1n) is 4.07. The molecule has 2 rings (SSSR count). The molecule has 0 aliphatic heterocycles. The highest BCUT2D eigenvalue weighted by atomic mass is 79.9. The molecule has 0 fully saturated rings. The van der Waals surface area contributed by atoms with Gasteiger partial charge < -0.3 is 0 Å². The summed E-state index contributed by atoms with van der Waals surface area (Å²) in [6.45, 7) is 0. The summed E-state index contributed by atoms with van der Waals surface area (Å²) in [5.74, 6) is 0. The molecule has 7 heteroatoms. The molecule has 16 heavy (non-hydrogen) atoms. The molecule has 0 saturated carbocycles. The van der Waals surface area contributed by atoms with Gasteiger partial charge in [0.1, 0.15) is 10.7 Å². The molecule has 0 saturated heterocycles. The maximum Gasteiger partial charge on any atom is 0.416 e. The van der Waals surface area contributed by atoms with E-state index in [1.54, 1.807) is 0 Å². The summed E-state index contributed by atoms with van der Waals surface area (Å²) in [7, 11) is 0. The minimum atomic E-state index is -4.40. The Morgan fingerprint density at radius 2 is 1.94 bits per heavy atom. The molecular weight excluding hydrogens is 308 g/mol. The highest BCUT2D eigenvalue weighted by Crippen LogP contribution is 2.34. The van der Waals surface area contributed by atoms with Gasteiger partial charge in [0.15, 0.2) is 0 Å². The molecule has 0 aliphatic rings. The van der Waals surface area contributed by atoms with Crippen molar-refractivity contribution in [2.24, 2.45) is 0 Å². The third-order valence-electron chi connectivity index (χ3n) is 1.90. The number of rotatable bonds is 0. The third-order valence-corrected chi connectivity index (χ3v) is 2.69. The summed E-state index contributed by atoms with van der Waals surface area (Å²) >= 11 is 8.62. The largest absolute Gasteiger partial charge is 0.416 e. The van der Waals surface area contributed by atoms with Crippen LogP contribution in [0.1, 0.15) is 5.56 Å². The van der Waals surface area contributed by atoms with Crippen LogP contribution < -0.4 is 0 Å². The first-order valence-corrected chi connectivity index (χ1v) is 5.24. The van der Waals surface area contributed by atoms with Crippen molar-refractivity contribution in [3.8, 4) is 0 Å². The molecule has 0 bridgehead atoms. The Morgan fingerprint density at radius 1 is 1.25 bits per heavy atom. The fourth-order valence-electron chi connectivity index (χ4n) is 1.22. The Balaban J connectivity index is 2.74. The van der Waals surface area contributed by atoms with Crippen molar-refractivity contribution >= 4 is 38.6 Å². The molecule has 0 amide bonds. The quantitative estimate of drug-likeness (QED) is 0.733. The average Bonchev–Trinajstić information content (AvgIpc) is 2.17. The molecule has 0 aliphatic carbocycles. The van der Waals surface area contributed by atoms with Crippen molar-refractivity contribution in [3.63, 3.8) is 0 Å². The maximum absolute atomic E-state index is 12.5. The molecule has 0 spiro atoms. The van der Waals surface area contributed by atoms with Gasteiger partial charge in [-0.05, 0) is 28.1 Å². The van der Waals surface area contributed by atoms with E-state index in [2.05, 4.69) is 25.9 Å². The van der Waals surface area contributed by atoms with E-state index in [9.17, 15) is 13.2 Å². The number of alkyl halides is 3. The van der Waals surface area contributed by atoms with E-state index in [-0.39, 0.29) is 15.1 Å². The van der Waals surface area contributed by atoms with Crippen molar-refractivity contribution in [1.29, 1.82) is 0 Å². The van der Waals surface area contributed by atoms with Crippen LogP contribution in [0.15, 0.2) is 22.8 Å². The number of benzene rings is 1. The highest BCUT2D eigenvalue weighted by molar-refractivity contribution is 9.10. The van der Waals surface area contributed by atoms with E-state index in [1.165, 1.54) is 6.20 Å². The van der Waals surface area contributed by atoms with Crippen LogP contribution in [-0.2, 0) is 6.18 Å². The van der Waals surface area contributed by atoms with E-state index in [1.807, 2.05) is 0 Å². The molecule has 2 nitrogen and oxygen atoms in total. The van der Waals surface area contributed by atoms with Gasteiger partial charge >= 0.3 is 6.18 Å². The summed E-state index contributed by atoms with van der Waals surface area (Å²) < 4.78 is 37.7. The van der Waals surface area contributed by atoms with E-state index in [0.717, 1.165) is 12.1 Å². The van der Waals surface area contributed by atoms with Crippen molar-refractivity contribution in [2.45, 2.75) is 6.18 Å². The van der Waals surface area contributed by atoms with Crippen LogP contribution in [0.2, 0.25) is 5.15 Å². The van der Waals surface area contributed by atoms with Crippen molar-refractivity contribution < 1.29 is 13.2 Å². The number of nitrogens with zero attached hydrogens (tertiary/aromatic N) is 2. The lowest BCUT2D eigenvalue weighted by atomic mass is 10.2. The lowest BCUT2D eigenvalue weighted by Crippen LogP contribution is -2.05. The van der Waals surface area contributed by atoms with Gasteiger partial charge in [-0.25, -0.2) is 4.98 Å². The zero-order valence-electron chi connectivity index (χ0n) is 7.52. The van der Waals surface area contributed by atoms with Gasteiger partial charge in [-0.3, -0.25) is 4.98 Å². The smallest absolute Gasteiger partial charge is 0.251 e. The van der Waals surface area contributed by atoms with Gasteiger partial charge in [0.05, 0.1) is 17.3 Å². The highest BCUT2D eigenvalue weighted by Gasteiger charge is 2.31. The second kappa shape index (κ2) is 3.85. The molecule has 0 N–H and O–H groups in total. The second-order valence-corrected chi connectivity index (χ2v) is 4.26. The Labute approximate surface area is 102 Å². The monoisotopic (exact) mass is 310 g/mol. The average molecular weight is 311 g/mol. The van der Waals surface area contributed by atoms with Crippen LogP contribution in [-0.4, -0.2) is 9.97 Å². The summed E-state index contributed by atoms with van der Waals surface area (Å²) in [5.41, 5.74) is -0.324. The number of hydrogen-bond acceptors (Lipinski definition) is 2. The SMILES string of the molecule is FC(F)(F)c1cc(Br)c2nc(Cl)cnc2c1. The van der Waals surface area contributed by atoms with E-state index in [4.69, 9.17) is 11.6 Å². The van der Waals surface area contributed by atoms with E-state index >= 15 is 0 Å². The minimum Gasteiger partial charge on any atom is -0.251 e. The fourth-order valence-corrected chi connectivity index (χ4v) is 1.89. The van der Waals surface area contributed by atoms with Crippen LogP contribution in [0, 0.1) is 0 Å². The third kappa shape index (κ3) is 2.12. The van der Waals surface area contributed by atoms with Crippen LogP contribution in [0.25, 0.3) is 11.0 Å². The standard InChI is InChI=1S/C9H3BrClF3N2/c10-5-1-4(9(12,13)14)2-6-8(5)16-7(11)3-15-6/h1-3H. The molecule has 0 radical (unpaired) electrons. The van der Waals surface area contributed by atoms with Gasteiger partial charge in [0.25, 0.3) is 0 Å². The van der Waals surface area contributed by atoms with E-state index in [0.29, 0.717) is 5.52 Å². The van der Waals surface area contributed by atoms with Crippen molar-refractivity contribution in [1.82, 2.24) is 9.97 Å². The Bertz CT molecular complexity index is 556. The molecule has 1 aromatic heterocycles. The zero-order chi connectivity index (χ0) is 11.9. The summed E-state index contributed by atoms with van der Waals surface area (Å²) in [5, 5.41) is 0.132.